The maximum absolute atomic E-state index is 13.0. The Morgan fingerprint density at radius 2 is 1.95 bits per heavy atom. The molecule has 112 valence electrons. The lowest BCUT2D eigenvalue weighted by atomic mass is 9.84. The molecule has 0 aliphatic heterocycles. The second-order valence-electron chi connectivity index (χ2n) is 5.28. The van der Waals surface area contributed by atoms with Gasteiger partial charge in [-0.3, -0.25) is 0 Å². The molecule has 0 saturated carbocycles. The highest BCUT2D eigenvalue weighted by Gasteiger charge is 2.38. The Balaban J connectivity index is 3.02. The molecule has 0 aromatic heterocycles. The van der Waals surface area contributed by atoms with Gasteiger partial charge in [0.25, 0.3) is 0 Å². The van der Waals surface area contributed by atoms with E-state index < -0.39 is 5.54 Å². The fourth-order valence-electron chi connectivity index (χ4n) is 2.31. The first-order chi connectivity index (χ1) is 9.47. The van der Waals surface area contributed by atoms with Crippen molar-refractivity contribution in [3.63, 3.8) is 0 Å². The van der Waals surface area contributed by atoms with Crippen LogP contribution in [0.5, 0.6) is 0 Å². The number of esters is 1. The first-order valence-corrected chi connectivity index (χ1v) is 7.09. The number of anilines is 1. The Morgan fingerprint density at radius 3 is 2.40 bits per heavy atom. The quantitative estimate of drug-likeness (QED) is 0.768. The minimum atomic E-state index is -0.762. The van der Waals surface area contributed by atoms with Gasteiger partial charge in [-0.05, 0) is 43.0 Å². The zero-order chi connectivity index (χ0) is 15.2. The van der Waals surface area contributed by atoms with Crippen LogP contribution < -0.4 is 5.32 Å². The summed E-state index contributed by atoms with van der Waals surface area (Å²) in [5.41, 5.74) is -0.0379. The summed E-state index contributed by atoms with van der Waals surface area (Å²) < 4.78 is 17.9. The molecule has 0 saturated heterocycles. The standard InChI is InChI=1S/C16H24FNO2/c1-5-12(3)11-16(6-2,15(19)20-4)18-14-9-7-13(17)8-10-14/h7-10,12,18H,5-6,11H2,1-4H3. The third-order valence-corrected chi connectivity index (χ3v) is 3.80. The van der Waals surface area contributed by atoms with Crippen LogP contribution in [0.25, 0.3) is 0 Å². The van der Waals surface area contributed by atoms with E-state index in [1.165, 1.54) is 19.2 Å². The molecular weight excluding hydrogens is 257 g/mol. The van der Waals surface area contributed by atoms with E-state index in [0.717, 1.165) is 12.1 Å². The summed E-state index contributed by atoms with van der Waals surface area (Å²) >= 11 is 0. The van der Waals surface area contributed by atoms with Crippen molar-refractivity contribution < 1.29 is 13.9 Å². The predicted molar refractivity (Wildman–Crippen MR) is 79.1 cm³/mol. The van der Waals surface area contributed by atoms with Crippen LogP contribution in [0.1, 0.15) is 40.0 Å². The van der Waals surface area contributed by atoms with Crippen molar-refractivity contribution in [2.45, 2.75) is 45.6 Å². The molecule has 1 aromatic rings. The minimum absolute atomic E-state index is 0.273. The van der Waals surface area contributed by atoms with E-state index in [0.29, 0.717) is 18.8 Å². The number of ether oxygens (including phenoxy) is 1. The van der Waals surface area contributed by atoms with E-state index in [-0.39, 0.29) is 11.8 Å². The van der Waals surface area contributed by atoms with Crippen LogP contribution in [0.4, 0.5) is 10.1 Å². The molecule has 0 fully saturated rings. The predicted octanol–water partition coefficient (Wildman–Crippen LogP) is 4.00. The first-order valence-electron chi connectivity index (χ1n) is 7.09. The molecule has 20 heavy (non-hydrogen) atoms. The molecule has 4 heteroatoms. The second kappa shape index (κ2) is 7.27. The lowest BCUT2D eigenvalue weighted by molar-refractivity contribution is -0.146. The molecule has 0 aliphatic carbocycles. The number of hydrogen-bond donors (Lipinski definition) is 1. The molecule has 1 aromatic carbocycles. The maximum Gasteiger partial charge on any atom is 0.331 e. The summed E-state index contributed by atoms with van der Waals surface area (Å²) in [6.45, 7) is 6.16. The molecule has 0 bridgehead atoms. The van der Waals surface area contributed by atoms with Crippen molar-refractivity contribution in [1.29, 1.82) is 0 Å². The fourth-order valence-corrected chi connectivity index (χ4v) is 2.31. The molecule has 0 aliphatic rings. The van der Waals surface area contributed by atoms with Gasteiger partial charge in [-0.15, -0.1) is 0 Å². The molecule has 2 unspecified atom stereocenters. The van der Waals surface area contributed by atoms with Crippen LogP contribution in [-0.2, 0) is 9.53 Å². The van der Waals surface area contributed by atoms with Crippen LogP contribution in [0, 0.1) is 11.7 Å². The van der Waals surface area contributed by atoms with Crippen molar-refractivity contribution in [3.05, 3.63) is 30.1 Å². The molecule has 0 amide bonds. The lowest BCUT2D eigenvalue weighted by Gasteiger charge is -2.34. The molecular formula is C16H24FNO2. The number of benzene rings is 1. The smallest absolute Gasteiger partial charge is 0.331 e. The van der Waals surface area contributed by atoms with Gasteiger partial charge in [0.05, 0.1) is 7.11 Å². The number of carbonyl (C=O) groups excluding carboxylic acids is 1. The van der Waals surface area contributed by atoms with Gasteiger partial charge in [0.2, 0.25) is 0 Å². The van der Waals surface area contributed by atoms with E-state index in [1.54, 1.807) is 12.1 Å². The summed E-state index contributed by atoms with van der Waals surface area (Å²) in [5, 5.41) is 3.24. The summed E-state index contributed by atoms with van der Waals surface area (Å²) in [7, 11) is 1.40. The highest BCUT2D eigenvalue weighted by Crippen LogP contribution is 2.29. The van der Waals surface area contributed by atoms with Gasteiger partial charge in [0.1, 0.15) is 11.4 Å². The molecule has 3 nitrogen and oxygen atoms in total. The zero-order valence-corrected chi connectivity index (χ0v) is 12.7. The third-order valence-electron chi connectivity index (χ3n) is 3.80. The monoisotopic (exact) mass is 281 g/mol. The van der Waals surface area contributed by atoms with Crippen LogP contribution >= 0.6 is 0 Å². The summed E-state index contributed by atoms with van der Waals surface area (Å²) in [6, 6.07) is 6.03. The second-order valence-corrected chi connectivity index (χ2v) is 5.28. The topological polar surface area (TPSA) is 38.3 Å². The van der Waals surface area contributed by atoms with Crippen LogP contribution in [0.2, 0.25) is 0 Å². The molecule has 0 radical (unpaired) electrons. The van der Waals surface area contributed by atoms with Crippen molar-refractivity contribution in [1.82, 2.24) is 0 Å². The molecule has 0 heterocycles. The van der Waals surface area contributed by atoms with E-state index in [1.807, 2.05) is 6.92 Å². The van der Waals surface area contributed by atoms with Gasteiger partial charge in [-0.2, -0.15) is 0 Å². The minimum Gasteiger partial charge on any atom is -0.467 e. The maximum atomic E-state index is 13.0. The van der Waals surface area contributed by atoms with Crippen molar-refractivity contribution in [2.24, 2.45) is 5.92 Å². The molecule has 0 spiro atoms. The van der Waals surface area contributed by atoms with Gasteiger partial charge in [-0.25, -0.2) is 9.18 Å². The number of carbonyl (C=O) groups is 1. The normalized spacial score (nSPS) is 15.2. The Kier molecular flexibility index (Phi) is 5.99. The summed E-state index contributed by atoms with van der Waals surface area (Å²) in [4.78, 5) is 12.2. The van der Waals surface area contributed by atoms with Crippen molar-refractivity contribution >= 4 is 11.7 Å². The van der Waals surface area contributed by atoms with Crippen LogP contribution in [0.15, 0.2) is 24.3 Å². The Bertz CT molecular complexity index is 433. The largest absolute Gasteiger partial charge is 0.467 e. The van der Waals surface area contributed by atoms with Gasteiger partial charge in [0, 0.05) is 5.69 Å². The van der Waals surface area contributed by atoms with Crippen molar-refractivity contribution in [3.8, 4) is 0 Å². The number of halogens is 1. The lowest BCUT2D eigenvalue weighted by Crippen LogP contribution is -2.48. The van der Waals surface area contributed by atoms with E-state index in [4.69, 9.17) is 4.74 Å². The average Bonchev–Trinajstić information content (AvgIpc) is 2.47. The van der Waals surface area contributed by atoms with Crippen molar-refractivity contribution in [2.75, 3.05) is 12.4 Å². The highest BCUT2D eigenvalue weighted by molar-refractivity contribution is 5.84. The van der Waals surface area contributed by atoms with Gasteiger partial charge in [0.15, 0.2) is 0 Å². The number of nitrogens with one attached hydrogen (secondary N) is 1. The SMILES string of the molecule is CCC(C)CC(CC)(Nc1ccc(F)cc1)C(=O)OC. The van der Waals surface area contributed by atoms with Gasteiger partial charge in [-0.1, -0.05) is 27.2 Å². The number of rotatable bonds is 7. The molecule has 1 N–H and O–H groups in total. The zero-order valence-electron chi connectivity index (χ0n) is 12.7. The Morgan fingerprint density at radius 1 is 1.35 bits per heavy atom. The van der Waals surface area contributed by atoms with Crippen LogP contribution in [-0.4, -0.2) is 18.6 Å². The molecule has 2 atom stereocenters. The third kappa shape index (κ3) is 3.95. The van der Waals surface area contributed by atoms with Gasteiger partial charge < -0.3 is 10.1 Å². The molecule has 1 rings (SSSR count). The summed E-state index contributed by atoms with van der Waals surface area (Å²) in [6.07, 6.45) is 2.29. The van der Waals surface area contributed by atoms with E-state index in [9.17, 15) is 9.18 Å². The first kappa shape index (κ1) is 16.5. The van der Waals surface area contributed by atoms with Crippen LogP contribution in [0.3, 0.4) is 0 Å². The van der Waals surface area contributed by atoms with Gasteiger partial charge >= 0.3 is 5.97 Å². The highest BCUT2D eigenvalue weighted by atomic mass is 19.1. The number of hydrogen-bond acceptors (Lipinski definition) is 3. The average molecular weight is 281 g/mol. The Labute approximate surface area is 120 Å². The summed E-state index contributed by atoms with van der Waals surface area (Å²) in [5.74, 6) is -0.177. The van der Waals surface area contributed by atoms with E-state index >= 15 is 0 Å². The Hall–Kier alpha value is -1.58. The number of methoxy groups -OCH3 is 1. The fraction of sp³-hybridized carbons (Fsp3) is 0.562. The van der Waals surface area contributed by atoms with E-state index in [2.05, 4.69) is 19.2 Å².